The molecule has 0 fully saturated rings. The van der Waals surface area contributed by atoms with E-state index >= 15 is 0 Å². The third kappa shape index (κ3) is 2.39. The molecule has 3 rings (SSSR count). The number of hydrogen-bond donors (Lipinski definition) is 0. The van der Waals surface area contributed by atoms with E-state index in [-0.39, 0.29) is 6.61 Å². The van der Waals surface area contributed by atoms with E-state index in [0.717, 1.165) is 17.0 Å². The maximum atomic E-state index is 5.48. The van der Waals surface area contributed by atoms with Crippen molar-refractivity contribution >= 4 is 11.0 Å². The van der Waals surface area contributed by atoms with Crippen LogP contribution in [0.4, 0.5) is 0 Å². The maximum Gasteiger partial charge on any atom is 0.155 e. The highest BCUT2D eigenvalue weighted by Gasteiger charge is 2.11. The van der Waals surface area contributed by atoms with Crippen molar-refractivity contribution in [3.8, 4) is 29.5 Å². The minimum Gasteiger partial charge on any atom is -0.497 e. The van der Waals surface area contributed by atoms with Crippen molar-refractivity contribution in [3.63, 3.8) is 0 Å². The highest BCUT2D eigenvalue weighted by molar-refractivity contribution is 5.82. The Hall–Kier alpha value is -3.00. The number of methoxy groups -OCH3 is 1. The maximum absolute atomic E-state index is 5.48. The second kappa shape index (κ2) is 5.55. The lowest BCUT2D eigenvalue weighted by Gasteiger charge is -2.05. The first-order valence-electron chi connectivity index (χ1n) is 6.38. The van der Waals surface area contributed by atoms with Crippen LogP contribution in [0.25, 0.3) is 16.7 Å². The van der Waals surface area contributed by atoms with E-state index in [1.165, 1.54) is 0 Å². The zero-order valence-corrected chi connectivity index (χ0v) is 11.5. The Bertz CT molecular complexity index is 800. The first-order valence-corrected chi connectivity index (χ1v) is 6.38. The molecule has 2 aromatic carbocycles. The fourth-order valence-corrected chi connectivity index (χ4v) is 2.07. The molecule has 104 valence electrons. The Morgan fingerprint density at radius 3 is 2.71 bits per heavy atom. The van der Waals surface area contributed by atoms with Gasteiger partial charge in [0.25, 0.3) is 0 Å². The van der Waals surface area contributed by atoms with Gasteiger partial charge in [-0.2, -0.15) is 0 Å². The summed E-state index contributed by atoms with van der Waals surface area (Å²) in [5.74, 6) is 3.86. The van der Waals surface area contributed by atoms with E-state index < -0.39 is 0 Å². The summed E-state index contributed by atoms with van der Waals surface area (Å²) in [4.78, 5) is 0. The molecule has 3 aromatic rings. The minimum atomic E-state index is 0.203. The van der Waals surface area contributed by atoms with E-state index in [4.69, 9.17) is 15.9 Å². The summed E-state index contributed by atoms with van der Waals surface area (Å²) < 4.78 is 12.4. The third-order valence-electron chi connectivity index (χ3n) is 3.07. The van der Waals surface area contributed by atoms with Crippen LogP contribution in [0, 0.1) is 12.3 Å². The predicted octanol–water partition coefficient (Wildman–Crippen LogP) is 2.44. The molecule has 0 saturated heterocycles. The molecule has 1 aromatic heterocycles. The van der Waals surface area contributed by atoms with Crippen molar-refractivity contribution in [2.75, 3.05) is 13.7 Å². The van der Waals surface area contributed by atoms with Gasteiger partial charge >= 0.3 is 0 Å². The van der Waals surface area contributed by atoms with Crippen LogP contribution in [0.5, 0.6) is 11.5 Å². The highest BCUT2D eigenvalue weighted by atomic mass is 16.5. The van der Waals surface area contributed by atoms with Crippen LogP contribution < -0.4 is 9.47 Å². The fourth-order valence-electron chi connectivity index (χ4n) is 2.07. The summed E-state index contributed by atoms with van der Waals surface area (Å²) in [5, 5.41) is 8.36. The molecule has 5 heteroatoms. The molecule has 21 heavy (non-hydrogen) atoms. The average molecular weight is 279 g/mol. The monoisotopic (exact) mass is 279 g/mol. The summed E-state index contributed by atoms with van der Waals surface area (Å²) in [7, 11) is 1.63. The Labute approximate surface area is 122 Å². The molecule has 0 saturated carbocycles. The van der Waals surface area contributed by atoms with Gasteiger partial charge < -0.3 is 9.47 Å². The third-order valence-corrected chi connectivity index (χ3v) is 3.07. The Morgan fingerprint density at radius 2 is 2.00 bits per heavy atom. The normalized spacial score (nSPS) is 10.3. The molecule has 0 aliphatic rings. The van der Waals surface area contributed by atoms with Crippen LogP contribution in [0.3, 0.4) is 0 Å². The van der Waals surface area contributed by atoms with E-state index in [1.807, 2.05) is 42.5 Å². The van der Waals surface area contributed by atoms with Gasteiger partial charge in [-0.15, -0.1) is 11.5 Å². The van der Waals surface area contributed by atoms with Crippen molar-refractivity contribution in [1.82, 2.24) is 15.0 Å². The molecule has 0 unspecified atom stereocenters. The van der Waals surface area contributed by atoms with Gasteiger partial charge in [0.2, 0.25) is 0 Å². The molecule has 0 spiro atoms. The topological polar surface area (TPSA) is 49.2 Å². The molecule has 0 radical (unpaired) electrons. The van der Waals surface area contributed by atoms with Crippen LogP contribution in [0.1, 0.15) is 0 Å². The van der Waals surface area contributed by atoms with E-state index in [9.17, 15) is 0 Å². The van der Waals surface area contributed by atoms with Crippen LogP contribution in [-0.2, 0) is 0 Å². The van der Waals surface area contributed by atoms with Gasteiger partial charge in [-0.3, -0.25) is 0 Å². The fraction of sp³-hybridized carbons (Fsp3) is 0.125. The number of rotatable bonds is 4. The van der Waals surface area contributed by atoms with Gasteiger partial charge in [0.15, 0.2) is 11.3 Å². The molecule has 0 aliphatic heterocycles. The number of benzene rings is 2. The summed E-state index contributed by atoms with van der Waals surface area (Å²) in [6, 6.07) is 13.2. The minimum absolute atomic E-state index is 0.203. The lowest BCUT2D eigenvalue weighted by atomic mass is 10.2. The van der Waals surface area contributed by atoms with Crippen molar-refractivity contribution < 1.29 is 9.47 Å². The number of terminal acetylenes is 1. The first kappa shape index (κ1) is 13.0. The number of aromatic nitrogens is 3. The van der Waals surface area contributed by atoms with Crippen LogP contribution in [0.15, 0.2) is 42.5 Å². The second-order valence-electron chi connectivity index (χ2n) is 4.32. The van der Waals surface area contributed by atoms with E-state index in [2.05, 4.69) is 16.2 Å². The zero-order valence-electron chi connectivity index (χ0n) is 11.5. The van der Waals surface area contributed by atoms with Gasteiger partial charge in [0, 0.05) is 0 Å². The van der Waals surface area contributed by atoms with E-state index in [0.29, 0.717) is 11.3 Å². The Kier molecular flexibility index (Phi) is 3.44. The van der Waals surface area contributed by atoms with Gasteiger partial charge in [-0.05, 0) is 36.4 Å². The van der Waals surface area contributed by atoms with Crippen molar-refractivity contribution in [2.45, 2.75) is 0 Å². The quantitative estimate of drug-likeness (QED) is 0.688. The van der Waals surface area contributed by atoms with Gasteiger partial charge in [0.05, 0.1) is 18.3 Å². The average Bonchev–Trinajstić information content (AvgIpc) is 2.97. The Balaban J connectivity index is 2.05. The summed E-state index contributed by atoms with van der Waals surface area (Å²) >= 11 is 0. The van der Waals surface area contributed by atoms with Gasteiger partial charge in [-0.25, -0.2) is 4.68 Å². The smallest absolute Gasteiger partial charge is 0.155 e. The number of ether oxygens (including phenoxy) is 2. The standard InChI is InChI=1S/C16H13N3O2/c1-3-11-21-15-6-4-5-14-16(15)17-18-19(14)12-7-9-13(20-2)10-8-12/h1,4-10H,11H2,2H3. The predicted molar refractivity (Wildman–Crippen MR) is 79.7 cm³/mol. The zero-order chi connectivity index (χ0) is 14.7. The SMILES string of the molecule is C#CCOc1cccc2c1nnn2-c1ccc(OC)cc1. The highest BCUT2D eigenvalue weighted by Crippen LogP contribution is 2.25. The van der Waals surface area contributed by atoms with Crippen molar-refractivity contribution in [3.05, 3.63) is 42.5 Å². The lowest BCUT2D eigenvalue weighted by Crippen LogP contribution is -1.97. The van der Waals surface area contributed by atoms with Gasteiger partial charge in [-0.1, -0.05) is 17.2 Å². The molecule has 5 nitrogen and oxygen atoms in total. The number of nitrogens with zero attached hydrogens (tertiary/aromatic N) is 3. The molecular weight excluding hydrogens is 266 g/mol. The van der Waals surface area contributed by atoms with Gasteiger partial charge in [0.1, 0.15) is 12.4 Å². The summed E-state index contributed by atoms with van der Waals surface area (Å²) in [6.45, 7) is 0.203. The second-order valence-corrected chi connectivity index (χ2v) is 4.32. The molecule has 0 N–H and O–H groups in total. The molecule has 0 aliphatic carbocycles. The van der Waals surface area contributed by atoms with E-state index in [1.54, 1.807) is 11.8 Å². The lowest BCUT2D eigenvalue weighted by molar-refractivity contribution is 0.374. The largest absolute Gasteiger partial charge is 0.497 e. The Morgan fingerprint density at radius 1 is 1.19 bits per heavy atom. The molecule has 1 heterocycles. The van der Waals surface area contributed by atoms with Crippen LogP contribution in [-0.4, -0.2) is 28.7 Å². The summed E-state index contributed by atoms with van der Waals surface area (Å²) in [5.41, 5.74) is 2.44. The van der Waals surface area contributed by atoms with Crippen molar-refractivity contribution in [1.29, 1.82) is 0 Å². The molecule has 0 atom stereocenters. The molecule has 0 amide bonds. The number of fused-ring (bicyclic) bond motifs is 1. The summed E-state index contributed by atoms with van der Waals surface area (Å²) in [6.07, 6.45) is 5.22. The molecular formula is C16H13N3O2. The molecule has 0 bridgehead atoms. The number of hydrogen-bond acceptors (Lipinski definition) is 4. The van der Waals surface area contributed by atoms with Crippen LogP contribution in [0.2, 0.25) is 0 Å². The van der Waals surface area contributed by atoms with Crippen LogP contribution >= 0.6 is 0 Å². The van der Waals surface area contributed by atoms with Crippen molar-refractivity contribution in [2.24, 2.45) is 0 Å². The first-order chi connectivity index (χ1) is 10.3.